The molecule has 0 saturated carbocycles. The van der Waals surface area contributed by atoms with Crippen LogP contribution in [0, 0.1) is 0 Å². The molecule has 0 aliphatic rings. The van der Waals surface area contributed by atoms with E-state index in [4.69, 9.17) is 5.21 Å². The number of rotatable bonds is 3. The third-order valence-corrected chi connectivity index (χ3v) is 1.58. The van der Waals surface area contributed by atoms with E-state index in [1.165, 1.54) is 7.05 Å². The van der Waals surface area contributed by atoms with Gasteiger partial charge in [-0.3, -0.25) is 10.0 Å². The number of likely N-dealkylation sites (N-methyl/N-ethyl adjacent to an activating group) is 1. The number of carbonyl (C=O) groups is 1. The summed E-state index contributed by atoms with van der Waals surface area (Å²) in [5.41, 5.74) is 0.859. The second-order valence-corrected chi connectivity index (χ2v) is 2.64. The monoisotopic (exact) mass is 180 g/mol. The molecule has 0 spiro atoms. The van der Waals surface area contributed by atoms with Gasteiger partial charge in [0.05, 0.1) is 6.54 Å². The Balaban J connectivity index is 2.40. The molecule has 0 aliphatic carbocycles. The first-order chi connectivity index (χ1) is 6.20. The van der Waals surface area contributed by atoms with Crippen LogP contribution in [0.15, 0.2) is 30.3 Å². The fourth-order valence-electron chi connectivity index (χ4n) is 0.848. The first-order valence-electron chi connectivity index (χ1n) is 3.94. The average molecular weight is 180 g/mol. The first kappa shape index (κ1) is 9.54. The minimum Gasteiger partial charge on any atom is -0.376 e. The summed E-state index contributed by atoms with van der Waals surface area (Å²) in [5.74, 6) is -0.371. The number of benzene rings is 1. The van der Waals surface area contributed by atoms with Crippen molar-refractivity contribution in [3.63, 3.8) is 0 Å². The van der Waals surface area contributed by atoms with Crippen molar-refractivity contribution in [2.24, 2.45) is 0 Å². The van der Waals surface area contributed by atoms with Crippen LogP contribution in [0.1, 0.15) is 0 Å². The number of para-hydroxylation sites is 1. The van der Waals surface area contributed by atoms with Crippen LogP contribution in [0.4, 0.5) is 5.69 Å². The van der Waals surface area contributed by atoms with E-state index in [1.54, 1.807) is 0 Å². The van der Waals surface area contributed by atoms with Gasteiger partial charge in [0.2, 0.25) is 0 Å². The van der Waals surface area contributed by atoms with Crippen LogP contribution in [0.5, 0.6) is 0 Å². The lowest BCUT2D eigenvalue weighted by Crippen LogP contribution is -2.29. The Hall–Kier alpha value is -1.55. The zero-order chi connectivity index (χ0) is 9.68. The summed E-state index contributed by atoms with van der Waals surface area (Å²) in [7, 11) is 1.30. The number of amides is 1. The maximum Gasteiger partial charge on any atom is 0.264 e. The van der Waals surface area contributed by atoms with Crippen LogP contribution >= 0.6 is 0 Å². The molecule has 4 heteroatoms. The van der Waals surface area contributed by atoms with E-state index in [0.29, 0.717) is 5.06 Å². The van der Waals surface area contributed by atoms with E-state index in [-0.39, 0.29) is 12.5 Å². The highest BCUT2D eigenvalue weighted by Gasteiger charge is 2.03. The molecule has 0 atom stereocenters. The molecule has 13 heavy (non-hydrogen) atoms. The third kappa shape index (κ3) is 3.13. The lowest BCUT2D eigenvalue weighted by Gasteiger charge is -2.09. The number of nitrogens with one attached hydrogen (secondary N) is 1. The van der Waals surface area contributed by atoms with Gasteiger partial charge >= 0.3 is 0 Å². The zero-order valence-corrected chi connectivity index (χ0v) is 7.40. The molecule has 0 unspecified atom stereocenters. The van der Waals surface area contributed by atoms with Crippen molar-refractivity contribution >= 4 is 11.6 Å². The molecule has 70 valence electrons. The van der Waals surface area contributed by atoms with Crippen LogP contribution in [0.2, 0.25) is 0 Å². The summed E-state index contributed by atoms with van der Waals surface area (Å²) in [4.78, 5) is 10.9. The molecule has 1 aromatic rings. The van der Waals surface area contributed by atoms with Crippen molar-refractivity contribution in [1.29, 1.82) is 0 Å². The second-order valence-electron chi connectivity index (χ2n) is 2.64. The molecule has 1 aromatic carbocycles. The van der Waals surface area contributed by atoms with Gasteiger partial charge in [-0.15, -0.1) is 0 Å². The normalized spacial score (nSPS) is 9.38. The molecule has 0 aromatic heterocycles. The highest BCUT2D eigenvalue weighted by atomic mass is 16.5. The van der Waals surface area contributed by atoms with Gasteiger partial charge in [-0.05, 0) is 12.1 Å². The standard InChI is InChI=1S/C9H12N2O2/c1-11(13)9(12)7-10-8-5-3-2-4-6-8/h2-6,10,13H,7H2,1H3. The van der Waals surface area contributed by atoms with E-state index < -0.39 is 0 Å². The SMILES string of the molecule is CN(O)C(=O)CNc1ccccc1. The maximum absolute atomic E-state index is 10.9. The van der Waals surface area contributed by atoms with Crippen molar-refractivity contribution in [2.75, 3.05) is 18.9 Å². The molecular weight excluding hydrogens is 168 g/mol. The van der Waals surface area contributed by atoms with Gasteiger partial charge in [0.15, 0.2) is 0 Å². The molecule has 0 heterocycles. The van der Waals surface area contributed by atoms with Gasteiger partial charge in [-0.1, -0.05) is 18.2 Å². The van der Waals surface area contributed by atoms with Gasteiger partial charge in [0.25, 0.3) is 5.91 Å². The van der Waals surface area contributed by atoms with Crippen LogP contribution in [-0.2, 0) is 4.79 Å². The summed E-state index contributed by atoms with van der Waals surface area (Å²) in [5, 5.41) is 12.2. The first-order valence-corrected chi connectivity index (χ1v) is 3.94. The molecule has 2 N–H and O–H groups in total. The number of hydrogen-bond acceptors (Lipinski definition) is 3. The minimum atomic E-state index is -0.371. The van der Waals surface area contributed by atoms with E-state index in [2.05, 4.69) is 5.32 Å². The fraction of sp³-hybridized carbons (Fsp3) is 0.222. The Morgan fingerprint density at radius 3 is 2.62 bits per heavy atom. The summed E-state index contributed by atoms with van der Waals surface area (Å²) in [6.45, 7) is 0.0943. The fourth-order valence-corrected chi connectivity index (χ4v) is 0.848. The van der Waals surface area contributed by atoms with Gasteiger partial charge in [0.1, 0.15) is 0 Å². The van der Waals surface area contributed by atoms with E-state index in [0.717, 1.165) is 5.69 Å². The number of hydroxylamine groups is 2. The van der Waals surface area contributed by atoms with Crippen molar-refractivity contribution in [1.82, 2.24) is 5.06 Å². The van der Waals surface area contributed by atoms with Crippen LogP contribution in [-0.4, -0.2) is 29.8 Å². The average Bonchev–Trinajstić information content (AvgIpc) is 2.15. The Morgan fingerprint density at radius 2 is 2.08 bits per heavy atom. The van der Waals surface area contributed by atoms with Gasteiger partial charge in [0, 0.05) is 12.7 Å². The lowest BCUT2D eigenvalue weighted by molar-refractivity contribution is -0.157. The summed E-state index contributed by atoms with van der Waals surface area (Å²) in [6, 6.07) is 9.34. The summed E-state index contributed by atoms with van der Waals surface area (Å²) < 4.78 is 0. The van der Waals surface area contributed by atoms with Crippen LogP contribution < -0.4 is 5.32 Å². The van der Waals surface area contributed by atoms with Crippen LogP contribution in [0.3, 0.4) is 0 Å². The largest absolute Gasteiger partial charge is 0.376 e. The molecule has 1 amide bonds. The van der Waals surface area contributed by atoms with Crippen LogP contribution in [0.25, 0.3) is 0 Å². The van der Waals surface area contributed by atoms with Gasteiger partial charge in [-0.2, -0.15) is 0 Å². The van der Waals surface area contributed by atoms with Gasteiger partial charge in [-0.25, -0.2) is 5.06 Å². The predicted molar refractivity (Wildman–Crippen MR) is 49.5 cm³/mol. The lowest BCUT2D eigenvalue weighted by atomic mass is 10.3. The molecule has 0 bridgehead atoms. The predicted octanol–water partition coefficient (Wildman–Crippen LogP) is 0.946. The van der Waals surface area contributed by atoms with Crippen molar-refractivity contribution in [3.05, 3.63) is 30.3 Å². The summed E-state index contributed by atoms with van der Waals surface area (Å²) in [6.07, 6.45) is 0. The number of hydrogen-bond donors (Lipinski definition) is 2. The molecule has 0 aliphatic heterocycles. The van der Waals surface area contributed by atoms with Crippen molar-refractivity contribution in [3.8, 4) is 0 Å². The van der Waals surface area contributed by atoms with Crippen molar-refractivity contribution in [2.45, 2.75) is 0 Å². The highest BCUT2D eigenvalue weighted by molar-refractivity contribution is 5.79. The molecule has 0 saturated heterocycles. The molecule has 0 radical (unpaired) electrons. The molecular formula is C9H12N2O2. The van der Waals surface area contributed by atoms with Crippen molar-refractivity contribution < 1.29 is 10.0 Å². The topological polar surface area (TPSA) is 52.6 Å². The van der Waals surface area contributed by atoms with E-state index >= 15 is 0 Å². The maximum atomic E-state index is 10.9. The highest BCUT2D eigenvalue weighted by Crippen LogP contribution is 2.03. The number of carbonyl (C=O) groups excluding carboxylic acids is 1. The third-order valence-electron chi connectivity index (χ3n) is 1.58. The number of nitrogens with zero attached hydrogens (tertiary/aromatic N) is 1. The quantitative estimate of drug-likeness (QED) is 0.537. The summed E-state index contributed by atoms with van der Waals surface area (Å²) >= 11 is 0. The molecule has 4 nitrogen and oxygen atoms in total. The van der Waals surface area contributed by atoms with E-state index in [1.807, 2.05) is 30.3 Å². The zero-order valence-electron chi connectivity index (χ0n) is 7.40. The smallest absolute Gasteiger partial charge is 0.264 e. The minimum absolute atomic E-state index is 0.0943. The second kappa shape index (κ2) is 4.47. The van der Waals surface area contributed by atoms with E-state index in [9.17, 15) is 4.79 Å². The van der Waals surface area contributed by atoms with Gasteiger partial charge < -0.3 is 5.32 Å². The Morgan fingerprint density at radius 1 is 1.46 bits per heavy atom. The molecule has 1 rings (SSSR count). The molecule has 0 fully saturated rings. The Labute approximate surface area is 76.7 Å². The number of anilines is 1. The Bertz CT molecular complexity index is 272. The Kier molecular flexibility index (Phi) is 3.28.